The number of urea groups is 1. The number of hydrogen-bond donors (Lipinski definition) is 1. The second-order valence-electron chi connectivity index (χ2n) is 6.86. The van der Waals surface area contributed by atoms with E-state index in [9.17, 15) is 9.59 Å². The van der Waals surface area contributed by atoms with Crippen LogP contribution in [0.4, 0.5) is 4.79 Å². The van der Waals surface area contributed by atoms with Crippen LogP contribution in [0.2, 0.25) is 0 Å². The zero-order valence-electron chi connectivity index (χ0n) is 15.1. The summed E-state index contributed by atoms with van der Waals surface area (Å²) in [5.74, 6) is 0.291. The number of benzene rings is 2. The number of nitrogens with zero attached hydrogens (tertiary/aromatic N) is 2. The van der Waals surface area contributed by atoms with Gasteiger partial charge in [0.1, 0.15) is 11.2 Å². The van der Waals surface area contributed by atoms with Crippen LogP contribution in [0, 0.1) is 6.92 Å². The predicted octanol–water partition coefficient (Wildman–Crippen LogP) is 3.62. The lowest BCUT2D eigenvalue weighted by atomic mass is 9.91. The zero-order valence-corrected chi connectivity index (χ0v) is 15.1. The van der Waals surface area contributed by atoms with Crippen molar-refractivity contribution in [3.05, 3.63) is 77.5 Å². The highest BCUT2D eigenvalue weighted by Gasteiger charge is 2.49. The SMILES string of the molecule is Cc1ccc(C2(C)NC(=O)N(Cc3cc(-c4ccccc4)on3)C2=O)cc1. The maximum Gasteiger partial charge on any atom is 0.325 e. The maximum atomic E-state index is 13.0. The molecule has 4 rings (SSSR count). The fraction of sp³-hybridized carbons (Fsp3) is 0.190. The lowest BCUT2D eigenvalue weighted by Crippen LogP contribution is -2.40. The van der Waals surface area contributed by atoms with Gasteiger partial charge in [0.2, 0.25) is 0 Å². The van der Waals surface area contributed by atoms with Crippen molar-refractivity contribution in [2.75, 3.05) is 0 Å². The lowest BCUT2D eigenvalue weighted by Gasteiger charge is -2.22. The summed E-state index contributed by atoms with van der Waals surface area (Å²) in [6.07, 6.45) is 0. The number of carbonyl (C=O) groups is 2. The molecule has 3 aromatic rings. The number of carbonyl (C=O) groups excluding carboxylic acids is 2. The summed E-state index contributed by atoms with van der Waals surface area (Å²) in [5, 5.41) is 6.81. The van der Waals surface area contributed by atoms with Crippen LogP contribution < -0.4 is 5.32 Å². The van der Waals surface area contributed by atoms with E-state index in [2.05, 4.69) is 10.5 Å². The van der Waals surface area contributed by atoms with E-state index in [-0.39, 0.29) is 12.5 Å². The molecule has 6 nitrogen and oxygen atoms in total. The molecule has 136 valence electrons. The fourth-order valence-corrected chi connectivity index (χ4v) is 3.21. The molecule has 0 aliphatic carbocycles. The van der Waals surface area contributed by atoms with Gasteiger partial charge in [-0.3, -0.25) is 9.69 Å². The van der Waals surface area contributed by atoms with Crippen LogP contribution in [-0.4, -0.2) is 22.0 Å². The van der Waals surface area contributed by atoms with Gasteiger partial charge in [-0.1, -0.05) is 65.3 Å². The zero-order chi connectivity index (χ0) is 19.0. The van der Waals surface area contributed by atoms with Crippen molar-refractivity contribution in [3.8, 4) is 11.3 Å². The molecule has 0 radical (unpaired) electrons. The van der Waals surface area contributed by atoms with Gasteiger partial charge in [0.15, 0.2) is 5.76 Å². The smallest absolute Gasteiger partial charge is 0.325 e. The molecule has 2 heterocycles. The first-order chi connectivity index (χ1) is 13.0. The van der Waals surface area contributed by atoms with E-state index >= 15 is 0 Å². The highest BCUT2D eigenvalue weighted by molar-refractivity contribution is 6.07. The summed E-state index contributed by atoms with van der Waals surface area (Å²) in [6, 6.07) is 18.4. The van der Waals surface area contributed by atoms with Gasteiger partial charge >= 0.3 is 6.03 Å². The second kappa shape index (κ2) is 6.39. The highest BCUT2D eigenvalue weighted by atomic mass is 16.5. The minimum atomic E-state index is -1.09. The molecule has 27 heavy (non-hydrogen) atoms. The molecule has 1 fully saturated rings. The van der Waals surface area contributed by atoms with Crippen molar-refractivity contribution in [2.24, 2.45) is 0 Å². The predicted molar refractivity (Wildman–Crippen MR) is 99.6 cm³/mol. The average molecular weight is 361 g/mol. The van der Waals surface area contributed by atoms with E-state index in [1.165, 1.54) is 4.90 Å². The standard InChI is InChI=1S/C21H19N3O3/c1-14-8-10-16(11-9-14)21(2)19(25)24(20(26)22-21)13-17-12-18(27-23-17)15-6-4-3-5-7-15/h3-12H,13H2,1-2H3,(H,22,26). The Kier molecular flexibility index (Phi) is 4.03. The molecular formula is C21H19N3O3. The monoisotopic (exact) mass is 361 g/mol. The van der Waals surface area contributed by atoms with Crippen molar-refractivity contribution < 1.29 is 14.1 Å². The maximum absolute atomic E-state index is 13.0. The first kappa shape index (κ1) is 17.0. The number of hydrogen-bond acceptors (Lipinski definition) is 4. The van der Waals surface area contributed by atoms with Crippen LogP contribution in [0.25, 0.3) is 11.3 Å². The van der Waals surface area contributed by atoms with Crippen LogP contribution in [-0.2, 0) is 16.9 Å². The molecule has 1 aliphatic heterocycles. The van der Waals surface area contributed by atoms with E-state index in [1.807, 2.05) is 61.5 Å². The summed E-state index contributed by atoms with van der Waals surface area (Å²) < 4.78 is 5.36. The Balaban J connectivity index is 1.56. The average Bonchev–Trinajstić information content (AvgIpc) is 3.22. The Hall–Kier alpha value is -3.41. The molecule has 1 aliphatic rings. The topological polar surface area (TPSA) is 75.4 Å². The first-order valence-corrected chi connectivity index (χ1v) is 8.69. The molecule has 0 saturated carbocycles. The van der Waals surface area contributed by atoms with Crippen LogP contribution in [0.1, 0.15) is 23.7 Å². The molecule has 1 N–H and O–H groups in total. The molecular weight excluding hydrogens is 342 g/mol. The van der Waals surface area contributed by atoms with Gasteiger partial charge in [-0.2, -0.15) is 0 Å². The van der Waals surface area contributed by atoms with Gasteiger partial charge in [-0.15, -0.1) is 0 Å². The van der Waals surface area contributed by atoms with Crippen molar-refractivity contribution in [3.63, 3.8) is 0 Å². The third kappa shape index (κ3) is 2.99. The normalized spacial score (nSPS) is 19.4. The van der Waals surface area contributed by atoms with Gasteiger partial charge < -0.3 is 9.84 Å². The van der Waals surface area contributed by atoms with Crippen LogP contribution in [0.3, 0.4) is 0 Å². The third-order valence-electron chi connectivity index (χ3n) is 4.84. The van der Waals surface area contributed by atoms with Crippen LogP contribution >= 0.6 is 0 Å². The number of amides is 3. The largest absolute Gasteiger partial charge is 0.356 e. The van der Waals surface area contributed by atoms with E-state index in [4.69, 9.17) is 4.52 Å². The van der Waals surface area contributed by atoms with E-state index in [1.54, 1.807) is 13.0 Å². The molecule has 1 aromatic heterocycles. The molecule has 0 bridgehead atoms. The van der Waals surface area contributed by atoms with Crippen molar-refractivity contribution >= 4 is 11.9 Å². The molecule has 1 atom stereocenters. The molecule has 2 aromatic carbocycles. The lowest BCUT2D eigenvalue weighted by molar-refractivity contribution is -0.131. The quantitative estimate of drug-likeness (QED) is 0.720. The molecule has 0 spiro atoms. The van der Waals surface area contributed by atoms with E-state index in [0.29, 0.717) is 11.5 Å². The Bertz CT molecular complexity index is 995. The summed E-state index contributed by atoms with van der Waals surface area (Å²) in [5.41, 5.74) is 2.16. The van der Waals surface area contributed by atoms with Gasteiger partial charge in [0.05, 0.1) is 6.54 Å². The number of nitrogens with one attached hydrogen (secondary N) is 1. The minimum Gasteiger partial charge on any atom is -0.356 e. The van der Waals surface area contributed by atoms with Crippen LogP contribution in [0.5, 0.6) is 0 Å². The number of aromatic nitrogens is 1. The molecule has 1 unspecified atom stereocenters. The van der Waals surface area contributed by atoms with E-state index in [0.717, 1.165) is 16.7 Å². The summed E-state index contributed by atoms with van der Waals surface area (Å²) in [7, 11) is 0. The molecule has 3 amide bonds. The van der Waals surface area contributed by atoms with Crippen molar-refractivity contribution in [2.45, 2.75) is 25.9 Å². The Morgan fingerprint density at radius 1 is 1.07 bits per heavy atom. The summed E-state index contributed by atoms with van der Waals surface area (Å²) in [4.78, 5) is 26.6. The van der Waals surface area contributed by atoms with Gasteiger partial charge in [0.25, 0.3) is 5.91 Å². The number of aryl methyl sites for hydroxylation is 1. The molecule has 1 saturated heterocycles. The van der Waals surface area contributed by atoms with Crippen LogP contribution in [0.15, 0.2) is 65.2 Å². The van der Waals surface area contributed by atoms with Gasteiger partial charge in [-0.25, -0.2) is 4.79 Å². The first-order valence-electron chi connectivity index (χ1n) is 8.69. The Morgan fingerprint density at radius 2 is 1.78 bits per heavy atom. The third-order valence-corrected chi connectivity index (χ3v) is 4.84. The number of rotatable bonds is 4. The molecule has 6 heteroatoms. The summed E-state index contributed by atoms with van der Waals surface area (Å²) in [6.45, 7) is 3.75. The van der Waals surface area contributed by atoms with Crippen molar-refractivity contribution in [1.29, 1.82) is 0 Å². The van der Waals surface area contributed by atoms with Crippen molar-refractivity contribution in [1.82, 2.24) is 15.4 Å². The number of imide groups is 1. The summed E-state index contributed by atoms with van der Waals surface area (Å²) >= 11 is 0. The van der Waals surface area contributed by atoms with Gasteiger partial charge in [0, 0.05) is 11.6 Å². The minimum absolute atomic E-state index is 0.0580. The Labute approximate surface area is 156 Å². The highest BCUT2D eigenvalue weighted by Crippen LogP contribution is 2.30. The van der Waals surface area contributed by atoms with E-state index < -0.39 is 11.6 Å². The Morgan fingerprint density at radius 3 is 2.48 bits per heavy atom. The van der Waals surface area contributed by atoms with Gasteiger partial charge in [-0.05, 0) is 19.4 Å². The second-order valence-corrected chi connectivity index (χ2v) is 6.86. The fourth-order valence-electron chi connectivity index (χ4n) is 3.21.